The van der Waals surface area contributed by atoms with Crippen molar-refractivity contribution in [3.05, 3.63) is 97.3 Å². The van der Waals surface area contributed by atoms with Gasteiger partial charge in [0.15, 0.2) is 0 Å². The van der Waals surface area contributed by atoms with Crippen molar-refractivity contribution in [1.82, 2.24) is 9.97 Å². The predicted octanol–water partition coefficient (Wildman–Crippen LogP) is 4.98. The molecule has 106 valence electrons. The molecule has 2 aromatic carbocycles. The average Bonchev–Trinajstić information content (AvgIpc) is 2.64. The highest BCUT2D eigenvalue weighted by molar-refractivity contribution is 5.82. The van der Waals surface area contributed by atoms with Gasteiger partial charge in [-0.3, -0.25) is 9.97 Å². The lowest BCUT2D eigenvalue weighted by molar-refractivity contribution is 1.25. The molecule has 0 amide bonds. The predicted molar refractivity (Wildman–Crippen MR) is 91.4 cm³/mol. The van der Waals surface area contributed by atoms with E-state index >= 15 is 0 Å². The third-order valence-electron chi connectivity index (χ3n) is 3.25. The van der Waals surface area contributed by atoms with Crippen LogP contribution in [0.15, 0.2) is 97.3 Å². The maximum atomic E-state index is 4.19. The Bertz CT molecular complexity index is 724. The Morgan fingerprint density at radius 2 is 0.773 bits per heavy atom. The molecule has 0 saturated heterocycles. The van der Waals surface area contributed by atoms with E-state index in [1.165, 1.54) is 10.8 Å². The number of fused-ring (bicyclic) bond motifs is 1. The van der Waals surface area contributed by atoms with Gasteiger partial charge >= 0.3 is 0 Å². The monoisotopic (exact) mass is 284 g/mol. The smallest absolute Gasteiger partial charge is 0.0886 e. The molecule has 4 aromatic rings. The third-order valence-corrected chi connectivity index (χ3v) is 3.25. The van der Waals surface area contributed by atoms with E-state index in [2.05, 4.69) is 58.5 Å². The largest absolute Gasteiger partial charge is 0.255 e. The van der Waals surface area contributed by atoms with E-state index in [1.807, 2.05) is 36.4 Å². The van der Waals surface area contributed by atoms with Gasteiger partial charge in [-0.25, -0.2) is 0 Å². The van der Waals surface area contributed by atoms with Crippen LogP contribution in [0.4, 0.5) is 0 Å². The molecule has 2 heteroatoms. The highest BCUT2D eigenvalue weighted by Gasteiger charge is 1.95. The lowest BCUT2D eigenvalue weighted by atomic mass is 10.1. The van der Waals surface area contributed by atoms with Crippen LogP contribution in [0.25, 0.3) is 22.2 Å². The first-order valence-corrected chi connectivity index (χ1v) is 7.20. The zero-order valence-corrected chi connectivity index (χ0v) is 12.1. The fourth-order valence-electron chi connectivity index (χ4n) is 2.16. The second-order valence-electron chi connectivity index (χ2n) is 4.78. The van der Waals surface area contributed by atoms with Crippen LogP contribution in [0.3, 0.4) is 0 Å². The normalized spacial score (nSPS) is 9.82. The van der Waals surface area contributed by atoms with Crippen LogP contribution in [0.5, 0.6) is 0 Å². The molecule has 0 atom stereocenters. The standard InChI is InChI=1S/C10H8N2.C10H8/c1-3-7-11-9(5-1)10-6-2-4-8-12-10;1-2-6-10-8-4-3-7-9(10)5-1/h1-8H;1-8H. The summed E-state index contributed by atoms with van der Waals surface area (Å²) in [4.78, 5) is 8.37. The van der Waals surface area contributed by atoms with Crippen molar-refractivity contribution in [2.45, 2.75) is 0 Å². The Morgan fingerprint density at radius 1 is 0.409 bits per heavy atom. The highest BCUT2D eigenvalue weighted by atomic mass is 14.7. The third kappa shape index (κ3) is 3.55. The lowest BCUT2D eigenvalue weighted by Crippen LogP contribution is -1.83. The van der Waals surface area contributed by atoms with Gasteiger partial charge in [0, 0.05) is 12.4 Å². The van der Waals surface area contributed by atoms with Crippen molar-refractivity contribution in [2.75, 3.05) is 0 Å². The van der Waals surface area contributed by atoms with Gasteiger partial charge in [-0.05, 0) is 35.0 Å². The van der Waals surface area contributed by atoms with Gasteiger partial charge in [0.2, 0.25) is 0 Å². The molecule has 0 aliphatic carbocycles. The number of nitrogens with zero attached hydrogens (tertiary/aromatic N) is 2. The molecule has 0 unspecified atom stereocenters. The molecular formula is C20H16N2. The fraction of sp³-hybridized carbons (Fsp3) is 0. The van der Waals surface area contributed by atoms with E-state index in [0.717, 1.165) is 11.4 Å². The minimum Gasteiger partial charge on any atom is -0.255 e. The van der Waals surface area contributed by atoms with E-state index in [1.54, 1.807) is 12.4 Å². The van der Waals surface area contributed by atoms with Crippen molar-refractivity contribution in [3.8, 4) is 11.4 Å². The molecule has 2 nitrogen and oxygen atoms in total. The van der Waals surface area contributed by atoms with Gasteiger partial charge in [-0.1, -0.05) is 60.7 Å². The summed E-state index contributed by atoms with van der Waals surface area (Å²) >= 11 is 0. The molecule has 2 heterocycles. The van der Waals surface area contributed by atoms with Crippen molar-refractivity contribution < 1.29 is 0 Å². The van der Waals surface area contributed by atoms with Crippen LogP contribution in [-0.4, -0.2) is 9.97 Å². The molecule has 0 spiro atoms. The topological polar surface area (TPSA) is 25.8 Å². The molecule has 0 fully saturated rings. The molecule has 22 heavy (non-hydrogen) atoms. The first-order valence-electron chi connectivity index (χ1n) is 7.20. The summed E-state index contributed by atoms with van der Waals surface area (Å²) in [5.41, 5.74) is 1.83. The van der Waals surface area contributed by atoms with Crippen LogP contribution >= 0.6 is 0 Å². The van der Waals surface area contributed by atoms with Crippen molar-refractivity contribution in [1.29, 1.82) is 0 Å². The lowest BCUT2D eigenvalue weighted by Gasteiger charge is -1.96. The Balaban J connectivity index is 0.000000133. The zero-order chi connectivity index (χ0) is 15.0. The summed E-state index contributed by atoms with van der Waals surface area (Å²) in [6.45, 7) is 0. The van der Waals surface area contributed by atoms with Gasteiger partial charge in [-0.15, -0.1) is 0 Å². The van der Waals surface area contributed by atoms with Crippen LogP contribution in [0.2, 0.25) is 0 Å². The maximum absolute atomic E-state index is 4.19. The molecule has 0 aliphatic rings. The van der Waals surface area contributed by atoms with Gasteiger partial charge in [0.05, 0.1) is 11.4 Å². The number of pyridine rings is 2. The summed E-state index contributed by atoms with van der Waals surface area (Å²) in [5, 5.41) is 2.62. The molecule has 0 aliphatic heterocycles. The molecule has 2 aromatic heterocycles. The first kappa shape index (κ1) is 14.0. The Kier molecular flexibility index (Phi) is 4.53. The summed E-state index contributed by atoms with van der Waals surface area (Å²) in [7, 11) is 0. The molecule has 4 rings (SSSR count). The van der Waals surface area contributed by atoms with Gasteiger partial charge in [0.25, 0.3) is 0 Å². The van der Waals surface area contributed by atoms with Crippen molar-refractivity contribution in [2.24, 2.45) is 0 Å². The number of benzene rings is 2. The molecular weight excluding hydrogens is 268 g/mol. The Labute approximate surface area is 130 Å². The minimum absolute atomic E-state index is 0.915. The van der Waals surface area contributed by atoms with E-state index in [9.17, 15) is 0 Å². The maximum Gasteiger partial charge on any atom is 0.0886 e. The minimum atomic E-state index is 0.915. The van der Waals surface area contributed by atoms with Gasteiger partial charge in [0.1, 0.15) is 0 Å². The first-order chi connectivity index (χ1) is 10.9. The zero-order valence-electron chi connectivity index (χ0n) is 12.1. The highest BCUT2D eigenvalue weighted by Crippen LogP contribution is 2.11. The van der Waals surface area contributed by atoms with Crippen molar-refractivity contribution in [3.63, 3.8) is 0 Å². The molecule has 0 bridgehead atoms. The van der Waals surface area contributed by atoms with Gasteiger partial charge in [-0.2, -0.15) is 0 Å². The summed E-state index contributed by atoms with van der Waals surface area (Å²) in [6.07, 6.45) is 3.54. The second-order valence-corrected chi connectivity index (χ2v) is 4.78. The van der Waals surface area contributed by atoms with Crippen LogP contribution in [0, 0.1) is 0 Å². The van der Waals surface area contributed by atoms with Crippen molar-refractivity contribution >= 4 is 10.8 Å². The summed E-state index contributed by atoms with van der Waals surface area (Å²) < 4.78 is 0. The van der Waals surface area contributed by atoms with E-state index < -0.39 is 0 Å². The van der Waals surface area contributed by atoms with E-state index in [-0.39, 0.29) is 0 Å². The van der Waals surface area contributed by atoms with Crippen LogP contribution < -0.4 is 0 Å². The number of hydrogen-bond acceptors (Lipinski definition) is 2. The molecule has 0 N–H and O–H groups in total. The summed E-state index contributed by atoms with van der Waals surface area (Å²) in [6, 6.07) is 28.3. The van der Waals surface area contributed by atoms with E-state index in [0.29, 0.717) is 0 Å². The van der Waals surface area contributed by atoms with Gasteiger partial charge < -0.3 is 0 Å². The Morgan fingerprint density at radius 3 is 1.09 bits per heavy atom. The fourth-order valence-corrected chi connectivity index (χ4v) is 2.16. The van der Waals surface area contributed by atoms with E-state index in [4.69, 9.17) is 0 Å². The Hall–Kier alpha value is -3.00. The molecule has 0 saturated carbocycles. The SMILES string of the molecule is c1ccc(-c2ccccn2)nc1.c1ccc2ccccc2c1. The van der Waals surface area contributed by atoms with Crippen LogP contribution in [-0.2, 0) is 0 Å². The average molecular weight is 284 g/mol. The summed E-state index contributed by atoms with van der Waals surface area (Å²) in [5.74, 6) is 0. The second kappa shape index (κ2) is 7.14. The number of rotatable bonds is 1. The number of hydrogen-bond donors (Lipinski definition) is 0. The van der Waals surface area contributed by atoms with Crippen LogP contribution in [0.1, 0.15) is 0 Å². The number of aromatic nitrogens is 2. The quantitative estimate of drug-likeness (QED) is 0.492. The molecule has 0 radical (unpaired) electrons.